The van der Waals surface area contributed by atoms with Crippen LogP contribution in [0.2, 0.25) is 0 Å². The number of halogens is 1. The van der Waals surface area contributed by atoms with Crippen LogP contribution in [-0.4, -0.2) is 12.1 Å². The Morgan fingerprint density at radius 3 is 2.00 bits per heavy atom. The normalized spacial score (nSPS) is 13.6. The van der Waals surface area contributed by atoms with Gasteiger partial charge in [0.1, 0.15) is 5.82 Å². The molecule has 3 N–H and O–H groups in total. The van der Waals surface area contributed by atoms with Gasteiger partial charge in [0, 0.05) is 23.1 Å². The molecule has 1 fully saturated rings. The second-order valence-electron chi connectivity index (χ2n) is 5.08. The average Bonchev–Trinajstić information content (AvgIpc) is 3.27. The van der Waals surface area contributed by atoms with E-state index in [1.54, 1.807) is 12.1 Å². The minimum atomic E-state index is -0.262. The summed E-state index contributed by atoms with van der Waals surface area (Å²) in [4.78, 5) is 11.6. The molecule has 1 aliphatic carbocycles. The predicted octanol–water partition coefficient (Wildman–Crippen LogP) is 3.85. The summed E-state index contributed by atoms with van der Waals surface area (Å²) < 4.78 is 12.8. The molecular weight excluding hydrogens is 269 g/mol. The number of urea groups is 1. The Bertz CT molecular complexity index is 621. The summed E-state index contributed by atoms with van der Waals surface area (Å²) in [5.41, 5.74) is 2.41. The molecule has 108 valence electrons. The Morgan fingerprint density at radius 1 is 0.905 bits per heavy atom. The zero-order valence-electron chi connectivity index (χ0n) is 11.4. The van der Waals surface area contributed by atoms with Gasteiger partial charge in [-0.2, -0.15) is 0 Å². The van der Waals surface area contributed by atoms with E-state index in [-0.39, 0.29) is 11.8 Å². The van der Waals surface area contributed by atoms with Gasteiger partial charge in [0.15, 0.2) is 0 Å². The molecule has 2 aromatic rings. The number of hydrogen-bond donors (Lipinski definition) is 3. The lowest BCUT2D eigenvalue weighted by atomic mass is 10.2. The van der Waals surface area contributed by atoms with Crippen molar-refractivity contribution in [1.29, 1.82) is 0 Å². The van der Waals surface area contributed by atoms with E-state index in [1.165, 1.54) is 12.1 Å². The zero-order chi connectivity index (χ0) is 14.7. The number of carbonyl (C=O) groups is 1. The minimum absolute atomic E-state index is 0.170. The molecule has 4 nitrogen and oxygen atoms in total. The molecule has 0 spiro atoms. The second-order valence-corrected chi connectivity index (χ2v) is 5.08. The molecular formula is C16H16FN3O. The SMILES string of the molecule is O=C(Nc1ccc(Nc2ccc(F)cc2)cc1)NC1CC1. The minimum Gasteiger partial charge on any atom is -0.356 e. The maximum atomic E-state index is 12.8. The highest BCUT2D eigenvalue weighted by Crippen LogP contribution is 2.20. The standard InChI is InChI=1S/C16H16FN3O/c17-11-1-3-12(4-2-11)18-13-5-7-14(8-6-13)19-16(21)20-15-9-10-15/h1-8,15,18H,9-10H2,(H2,19,20,21). The van der Waals surface area contributed by atoms with Crippen LogP contribution in [0.4, 0.5) is 26.2 Å². The Balaban J connectivity index is 1.58. The second kappa shape index (κ2) is 5.83. The van der Waals surface area contributed by atoms with Crippen LogP contribution in [-0.2, 0) is 0 Å². The molecule has 0 radical (unpaired) electrons. The van der Waals surface area contributed by atoms with E-state index in [4.69, 9.17) is 0 Å². The van der Waals surface area contributed by atoms with Gasteiger partial charge >= 0.3 is 6.03 Å². The van der Waals surface area contributed by atoms with E-state index < -0.39 is 0 Å². The molecule has 5 heteroatoms. The fourth-order valence-corrected chi connectivity index (χ4v) is 1.92. The quantitative estimate of drug-likeness (QED) is 0.799. The Hall–Kier alpha value is -2.56. The Morgan fingerprint density at radius 2 is 1.43 bits per heavy atom. The fraction of sp³-hybridized carbons (Fsp3) is 0.188. The van der Waals surface area contributed by atoms with Crippen LogP contribution in [0, 0.1) is 5.82 Å². The topological polar surface area (TPSA) is 53.2 Å². The fourth-order valence-electron chi connectivity index (χ4n) is 1.92. The van der Waals surface area contributed by atoms with Crippen molar-refractivity contribution in [1.82, 2.24) is 5.32 Å². The van der Waals surface area contributed by atoms with Crippen LogP contribution in [0.1, 0.15) is 12.8 Å². The van der Waals surface area contributed by atoms with E-state index in [0.29, 0.717) is 6.04 Å². The Labute approximate surface area is 122 Å². The first-order valence-electron chi connectivity index (χ1n) is 6.89. The van der Waals surface area contributed by atoms with Crippen molar-refractivity contribution in [3.63, 3.8) is 0 Å². The number of rotatable bonds is 4. The third kappa shape index (κ3) is 3.95. The number of nitrogens with one attached hydrogen (secondary N) is 3. The summed E-state index contributed by atoms with van der Waals surface area (Å²) in [6, 6.07) is 13.7. The molecule has 2 amide bonds. The van der Waals surface area contributed by atoms with Crippen LogP contribution >= 0.6 is 0 Å². The summed E-state index contributed by atoms with van der Waals surface area (Å²) in [5, 5.41) is 8.80. The van der Waals surface area contributed by atoms with Gasteiger partial charge in [0.05, 0.1) is 0 Å². The third-order valence-electron chi connectivity index (χ3n) is 3.19. The van der Waals surface area contributed by atoms with Crippen LogP contribution < -0.4 is 16.0 Å². The van der Waals surface area contributed by atoms with Crippen molar-refractivity contribution in [2.45, 2.75) is 18.9 Å². The van der Waals surface area contributed by atoms with Gasteiger partial charge in [-0.1, -0.05) is 0 Å². The van der Waals surface area contributed by atoms with Crippen molar-refractivity contribution in [3.8, 4) is 0 Å². The lowest BCUT2D eigenvalue weighted by Gasteiger charge is -2.09. The lowest BCUT2D eigenvalue weighted by Crippen LogP contribution is -2.30. The van der Waals surface area contributed by atoms with Gasteiger partial charge in [-0.25, -0.2) is 9.18 Å². The van der Waals surface area contributed by atoms with Crippen molar-refractivity contribution in [2.24, 2.45) is 0 Å². The maximum absolute atomic E-state index is 12.8. The van der Waals surface area contributed by atoms with Gasteiger partial charge in [0.25, 0.3) is 0 Å². The smallest absolute Gasteiger partial charge is 0.319 e. The summed E-state index contributed by atoms with van der Waals surface area (Å²) in [6.07, 6.45) is 2.13. The highest BCUT2D eigenvalue weighted by Gasteiger charge is 2.23. The monoisotopic (exact) mass is 285 g/mol. The summed E-state index contributed by atoms with van der Waals surface area (Å²) in [7, 11) is 0. The number of hydrogen-bond acceptors (Lipinski definition) is 2. The molecule has 3 rings (SSSR count). The van der Waals surface area contributed by atoms with Crippen molar-refractivity contribution in [2.75, 3.05) is 10.6 Å². The number of benzene rings is 2. The van der Waals surface area contributed by atoms with Crippen LogP contribution in [0.5, 0.6) is 0 Å². The first kappa shape index (κ1) is 13.4. The van der Waals surface area contributed by atoms with Gasteiger partial charge in [-0.3, -0.25) is 0 Å². The molecule has 0 atom stereocenters. The summed E-state index contributed by atoms with van der Waals surface area (Å²) >= 11 is 0. The first-order chi connectivity index (χ1) is 10.2. The molecule has 1 saturated carbocycles. The van der Waals surface area contributed by atoms with E-state index in [1.807, 2.05) is 24.3 Å². The van der Waals surface area contributed by atoms with E-state index in [9.17, 15) is 9.18 Å². The Kier molecular flexibility index (Phi) is 3.73. The number of amides is 2. The number of carbonyl (C=O) groups excluding carboxylic acids is 1. The van der Waals surface area contributed by atoms with Gasteiger partial charge in [0.2, 0.25) is 0 Å². The third-order valence-corrected chi connectivity index (χ3v) is 3.19. The molecule has 21 heavy (non-hydrogen) atoms. The number of anilines is 3. The maximum Gasteiger partial charge on any atom is 0.319 e. The zero-order valence-corrected chi connectivity index (χ0v) is 11.4. The molecule has 2 aromatic carbocycles. The van der Waals surface area contributed by atoms with E-state index >= 15 is 0 Å². The van der Waals surface area contributed by atoms with E-state index in [2.05, 4.69) is 16.0 Å². The molecule has 0 aliphatic heterocycles. The predicted molar refractivity (Wildman–Crippen MR) is 81.3 cm³/mol. The van der Waals surface area contributed by atoms with Crippen LogP contribution in [0.15, 0.2) is 48.5 Å². The van der Waals surface area contributed by atoms with Crippen molar-refractivity contribution >= 4 is 23.1 Å². The highest BCUT2D eigenvalue weighted by molar-refractivity contribution is 5.89. The lowest BCUT2D eigenvalue weighted by molar-refractivity contribution is 0.251. The molecule has 0 saturated heterocycles. The molecule has 0 heterocycles. The molecule has 1 aliphatic rings. The van der Waals surface area contributed by atoms with Gasteiger partial charge in [-0.15, -0.1) is 0 Å². The van der Waals surface area contributed by atoms with Crippen molar-refractivity contribution in [3.05, 3.63) is 54.3 Å². The summed E-state index contributed by atoms with van der Waals surface area (Å²) in [5.74, 6) is -0.262. The summed E-state index contributed by atoms with van der Waals surface area (Å²) in [6.45, 7) is 0. The van der Waals surface area contributed by atoms with Crippen LogP contribution in [0.3, 0.4) is 0 Å². The molecule has 0 unspecified atom stereocenters. The average molecular weight is 285 g/mol. The van der Waals surface area contributed by atoms with Gasteiger partial charge < -0.3 is 16.0 Å². The van der Waals surface area contributed by atoms with E-state index in [0.717, 1.165) is 29.9 Å². The van der Waals surface area contributed by atoms with Crippen LogP contribution in [0.25, 0.3) is 0 Å². The van der Waals surface area contributed by atoms with Crippen molar-refractivity contribution < 1.29 is 9.18 Å². The highest BCUT2D eigenvalue weighted by atomic mass is 19.1. The first-order valence-corrected chi connectivity index (χ1v) is 6.89. The largest absolute Gasteiger partial charge is 0.356 e. The van der Waals surface area contributed by atoms with Gasteiger partial charge in [-0.05, 0) is 61.4 Å². The molecule has 0 aromatic heterocycles. The molecule has 0 bridgehead atoms.